The Morgan fingerprint density at radius 2 is 1.79 bits per heavy atom. The van der Waals surface area contributed by atoms with E-state index in [1.807, 2.05) is 42.3 Å². The highest BCUT2D eigenvalue weighted by Gasteiger charge is 2.15. The maximum atomic E-state index is 11.5. The van der Waals surface area contributed by atoms with E-state index < -0.39 is 5.91 Å². The van der Waals surface area contributed by atoms with Crippen LogP contribution in [0.15, 0.2) is 46.9 Å². The van der Waals surface area contributed by atoms with Crippen LogP contribution in [0.1, 0.15) is 10.4 Å². The standard InChI is InChI=1S/C14H12BrClN2O/c1-18(12-8-4-6-10(15)13(12)16)11-7-3-2-5-9(11)14(17)19/h2-8H,1H3,(H2,17,19). The lowest BCUT2D eigenvalue weighted by Gasteiger charge is -2.23. The highest BCUT2D eigenvalue weighted by atomic mass is 79.9. The number of anilines is 2. The lowest BCUT2D eigenvalue weighted by Crippen LogP contribution is -2.18. The van der Waals surface area contributed by atoms with Gasteiger partial charge in [0.25, 0.3) is 5.91 Å². The molecule has 0 heterocycles. The molecule has 0 saturated heterocycles. The van der Waals surface area contributed by atoms with Gasteiger partial charge in [0.1, 0.15) is 0 Å². The molecular weight excluding hydrogens is 328 g/mol. The predicted molar refractivity (Wildman–Crippen MR) is 82.2 cm³/mol. The number of primary amides is 1. The summed E-state index contributed by atoms with van der Waals surface area (Å²) in [6.45, 7) is 0. The summed E-state index contributed by atoms with van der Waals surface area (Å²) in [5, 5.41) is 0.587. The van der Waals surface area contributed by atoms with Gasteiger partial charge in [-0.3, -0.25) is 4.79 Å². The van der Waals surface area contributed by atoms with E-state index in [1.165, 1.54) is 0 Å². The molecule has 2 aromatic carbocycles. The first kappa shape index (κ1) is 13.9. The zero-order valence-corrected chi connectivity index (χ0v) is 12.6. The number of nitrogens with two attached hydrogens (primary N) is 1. The van der Waals surface area contributed by atoms with Crippen LogP contribution in [-0.2, 0) is 0 Å². The van der Waals surface area contributed by atoms with Crippen molar-refractivity contribution >= 4 is 44.8 Å². The molecular formula is C14H12BrClN2O. The highest BCUT2D eigenvalue weighted by molar-refractivity contribution is 9.10. The van der Waals surface area contributed by atoms with Crippen molar-refractivity contribution in [2.45, 2.75) is 0 Å². The van der Waals surface area contributed by atoms with Crippen molar-refractivity contribution in [1.82, 2.24) is 0 Å². The van der Waals surface area contributed by atoms with Crippen molar-refractivity contribution in [1.29, 1.82) is 0 Å². The van der Waals surface area contributed by atoms with E-state index in [1.54, 1.807) is 12.1 Å². The largest absolute Gasteiger partial charge is 0.366 e. The zero-order chi connectivity index (χ0) is 14.0. The molecule has 19 heavy (non-hydrogen) atoms. The minimum Gasteiger partial charge on any atom is -0.366 e. The van der Waals surface area contributed by atoms with Gasteiger partial charge in [-0.15, -0.1) is 0 Å². The van der Waals surface area contributed by atoms with Crippen LogP contribution in [0.3, 0.4) is 0 Å². The van der Waals surface area contributed by atoms with Gasteiger partial charge in [0, 0.05) is 11.5 Å². The number of carbonyl (C=O) groups excluding carboxylic acids is 1. The number of hydrogen-bond acceptors (Lipinski definition) is 2. The summed E-state index contributed by atoms with van der Waals surface area (Å²) < 4.78 is 0.801. The average molecular weight is 340 g/mol. The Kier molecular flexibility index (Phi) is 4.12. The summed E-state index contributed by atoms with van der Waals surface area (Å²) in [4.78, 5) is 13.3. The summed E-state index contributed by atoms with van der Waals surface area (Å²) in [5.41, 5.74) is 7.36. The Bertz CT molecular complexity index is 631. The zero-order valence-electron chi connectivity index (χ0n) is 10.2. The van der Waals surface area contributed by atoms with Crippen LogP contribution in [0, 0.1) is 0 Å². The van der Waals surface area contributed by atoms with Crippen LogP contribution in [0.5, 0.6) is 0 Å². The smallest absolute Gasteiger partial charge is 0.250 e. The summed E-state index contributed by atoms with van der Waals surface area (Å²) in [5.74, 6) is -0.464. The van der Waals surface area contributed by atoms with Gasteiger partial charge in [-0.2, -0.15) is 0 Å². The summed E-state index contributed by atoms with van der Waals surface area (Å²) in [6.07, 6.45) is 0. The molecule has 0 unspecified atom stereocenters. The molecule has 0 aliphatic carbocycles. The first-order valence-corrected chi connectivity index (χ1v) is 6.76. The molecule has 98 valence electrons. The van der Waals surface area contributed by atoms with E-state index >= 15 is 0 Å². The van der Waals surface area contributed by atoms with Crippen molar-refractivity contribution in [3.8, 4) is 0 Å². The van der Waals surface area contributed by atoms with Gasteiger partial charge in [-0.25, -0.2) is 0 Å². The van der Waals surface area contributed by atoms with Crippen LogP contribution in [0.25, 0.3) is 0 Å². The first-order valence-electron chi connectivity index (χ1n) is 5.59. The van der Waals surface area contributed by atoms with Gasteiger partial charge in [0.2, 0.25) is 0 Å². The van der Waals surface area contributed by atoms with Crippen LogP contribution in [0.2, 0.25) is 5.02 Å². The number of hydrogen-bond donors (Lipinski definition) is 1. The summed E-state index contributed by atoms with van der Waals surface area (Å²) in [6, 6.07) is 12.8. The van der Waals surface area contributed by atoms with Gasteiger partial charge >= 0.3 is 0 Å². The number of nitrogens with zero attached hydrogens (tertiary/aromatic N) is 1. The second-order valence-electron chi connectivity index (χ2n) is 4.01. The molecule has 0 radical (unpaired) electrons. The Balaban J connectivity index is 2.53. The Morgan fingerprint density at radius 3 is 2.47 bits per heavy atom. The minimum absolute atomic E-state index is 0.459. The predicted octanol–water partition coefficient (Wildman–Crippen LogP) is 3.97. The fourth-order valence-corrected chi connectivity index (χ4v) is 2.46. The Morgan fingerprint density at radius 1 is 1.16 bits per heavy atom. The van der Waals surface area contributed by atoms with E-state index in [-0.39, 0.29) is 0 Å². The number of carbonyl (C=O) groups is 1. The molecule has 0 atom stereocenters. The number of halogens is 2. The van der Waals surface area contributed by atoms with Crippen molar-refractivity contribution in [2.75, 3.05) is 11.9 Å². The second kappa shape index (κ2) is 5.63. The number of amides is 1. The monoisotopic (exact) mass is 338 g/mol. The number of benzene rings is 2. The third-order valence-corrected chi connectivity index (χ3v) is 4.11. The van der Waals surface area contributed by atoms with Gasteiger partial charge in [-0.05, 0) is 40.2 Å². The summed E-state index contributed by atoms with van der Waals surface area (Å²) in [7, 11) is 1.84. The molecule has 2 N–H and O–H groups in total. The van der Waals surface area contributed by atoms with Gasteiger partial charge < -0.3 is 10.6 Å². The van der Waals surface area contributed by atoms with Crippen LogP contribution < -0.4 is 10.6 Å². The normalized spacial score (nSPS) is 10.3. The maximum Gasteiger partial charge on any atom is 0.250 e. The van der Waals surface area contributed by atoms with Gasteiger partial charge in [0.15, 0.2) is 0 Å². The van der Waals surface area contributed by atoms with Crippen LogP contribution in [-0.4, -0.2) is 13.0 Å². The fourth-order valence-electron chi connectivity index (χ4n) is 1.86. The van der Waals surface area contributed by atoms with E-state index in [9.17, 15) is 4.79 Å². The molecule has 3 nitrogen and oxygen atoms in total. The lowest BCUT2D eigenvalue weighted by molar-refractivity contribution is 0.100. The Labute approximate surface area is 125 Å². The average Bonchev–Trinajstić information content (AvgIpc) is 2.41. The van der Waals surface area contributed by atoms with Crippen LogP contribution >= 0.6 is 27.5 Å². The molecule has 0 fully saturated rings. The molecule has 2 aromatic rings. The van der Waals surface area contributed by atoms with Crippen molar-refractivity contribution in [3.63, 3.8) is 0 Å². The van der Waals surface area contributed by atoms with E-state index in [0.29, 0.717) is 10.6 Å². The SMILES string of the molecule is CN(c1ccccc1C(N)=O)c1cccc(Br)c1Cl. The third kappa shape index (κ3) is 2.74. The molecule has 1 amide bonds. The van der Waals surface area contributed by atoms with Gasteiger partial charge in [-0.1, -0.05) is 29.8 Å². The first-order chi connectivity index (χ1) is 9.02. The fraction of sp³-hybridized carbons (Fsp3) is 0.0714. The lowest BCUT2D eigenvalue weighted by atomic mass is 10.1. The van der Waals surface area contributed by atoms with Crippen molar-refractivity contribution < 1.29 is 4.79 Å². The number of rotatable bonds is 3. The van der Waals surface area contributed by atoms with Crippen LogP contribution in [0.4, 0.5) is 11.4 Å². The van der Waals surface area contributed by atoms with Crippen molar-refractivity contribution in [3.05, 3.63) is 57.5 Å². The van der Waals surface area contributed by atoms with E-state index in [4.69, 9.17) is 17.3 Å². The topological polar surface area (TPSA) is 46.3 Å². The number of para-hydroxylation sites is 1. The summed E-state index contributed by atoms with van der Waals surface area (Å²) >= 11 is 9.65. The molecule has 0 spiro atoms. The van der Waals surface area contributed by atoms with Gasteiger partial charge in [0.05, 0.1) is 22.0 Å². The minimum atomic E-state index is -0.464. The molecule has 0 aliphatic heterocycles. The van der Waals surface area contributed by atoms with E-state index in [2.05, 4.69) is 15.9 Å². The van der Waals surface area contributed by atoms with Crippen molar-refractivity contribution in [2.24, 2.45) is 5.73 Å². The Hall–Kier alpha value is -1.52. The molecule has 0 saturated carbocycles. The third-order valence-electron chi connectivity index (χ3n) is 2.82. The second-order valence-corrected chi connectivity index (χ2v) is 5.25. The maximum absolute atomic E-state index is 11.5. The highest BCUT2D eigenvalue weighted by Crippen LogP contribution is 2.36. The quantitative estimate of drug-likeness (QED) is 0.919. The molecule has 0 aliphatic rings. The molecule has 0 aromatic heterocycles. The molecule has 0 bridgehead atoms. The molecule has 5 heteroatoms. The van der Waals surface area contributed by atoms with E-state index in [0.717, 1.165) is 15.8 Å². The molecule has 2 rings (SSSR count).